The largest absolute Gasteiger partial charge is 0.493 e. The van der Waals surface area contributed by atoms with E-state index >= 15 is 0 Å². The van der Waals surface area contributed by atoms with Crippen LogP contribution in [0.3, 0.4) is 0 Å². The van der Waals surface area contributed by atoms with Crippen molar-refractivity contribution in [2.75, 3.05) is 27.3 Å². The summed E-state index contributed by atoms with van der Waals surface area (Å²) >= 11 is 0. The monoisotopic (exact) mass is 367 g/mol. The van der Waals surface area contributed by atoms with E-state index in [9.17, 15) is 4.79 Å². The summed E-state index contributed by atoms with van der Waals surface area (Å²) in [6.07, 6.45) is 0.780. The molecule has 3 aromatic rings. The number of aromatic nitrogens is 2. The van der Waals surface area contributed by atoms with E-state index in [1.807, 2.05) is 60.0 Å². The smallest absolute Gasteiger partial charge is 0.242 e. The summed E-state index contributed by atoms with van der Waals surface area (Å²) in [7, 11) is 3.40. The highest BCUT2D eigenvalue weighted by Gasteiger charge is 2.15. The van der Waals surface area contributed by atoms with E-state index in [1.165, 1.54) is 0 Å². The van der Waals surface area contributed by atoms with E-state index in [1.54, 1.807) is 19.1 Å². The molecule has 0 atom stereocenters. The number of fused-ring (bicyclic) bond motifs is 1. The lowest BCUT2D eigenvalue weighted by atomic mass is 10.3. The molecule has 1 aromatic heterocycles. The third-order valence-electron chi connectivity index (χ3n) is 4.52. The topological polar surface area (TPSA) is 56.6 Å². The molecule has 0 saturated heterocycles. The Morgan fingerprint density at radius 2 is 1.81 bits per heavy atom. The summed E-state index contributed by atoms with van der Waals surface area (Å²) in [4.78, 5) is 19.0. The van der Waals surface area contributed by atoms with Gasteiger partial charge >= 0.3 is 0 Å². The first-order valence-corrected chi connectivity index (χ1v) is 9.08. The molecule has 0 saturated carbocycles. The average molecular weight is 367 g/mol. The molecule has 0 aliphatic carbocycles. The highest BCUT2D eigenvalue weighted by Crippen LogP contribution is 2.25. The molecule has 27 heavy (non-hydrogen) atoms. The predicted octanol–water partition coefficient (Wildman–Crippen LogP) is 3.14. The van der Waals surface area contributed by atoms with E-state index in [2.05, 4.69) is 4.98 Å². The Balaban J connectivity index is 1.61. The quantitative estimate of drug-likeness (QED) is 0.614. The number of hydrogen-bond acceptors (Lipinski definition) is 4. The number of amides is 1. The van der Waals surface area contributed by atoms with Gasteiger partial charge < -0.3 is 18.9 Å². The number of ether oxygens (including phenoxy) is 2. The molecule has 0 fully saturated rings. The van der Waals surface area contributed by atoms with E-state index in [-0.39, 0.29) is 12.5 Å². The Hall–Kier alpha value is -3.02. The second kappa shape index (κ2) is 8.58. The molecule has 1 heterocycles. The standard InChI is InChI=1S/C21H25N3O3/c1-4-20-22-16-9-5-6-10-17(16)24(20)15-21(25)23(2)13-14-27-19-12-8-7-11-18(19)26-3/h5-12H,4,13-15H2,1-3H3. The number of hydrogen-bond donors (Lipinski definition) is 0. The van der Waals surface area contributed by atoms with Crippen molar-refractivity contribution in [2.24, 2.45) is 0 Å². The summed E-state index contributed by atoms with van der Waals surface area (Å²) in [5.41, 5.74) is 1.91. The second-order valence-electron chi connectivity index (χ2n) is 6.27. The van der Waals surface area contributed by atoms with Gasteiger partial charge in [-0.15, -0.1) is 0 Å². The Morgan fingerprint density at radius 3 is 2.56 bits per heavy atom. The van der Waals surface area contributed by atoms with Crippen LogP contribution in [0, 0.1) is 0 Å². The lowest BCUT2D eigenvalue weighted by Crippen LogP contribution is -2.33. The number of aryl methyl sites for hydroxylation is 1. The van der Waals surface area contributed by atoms with Gasteiger partial charge in [-0.3, -0.25) is 4.79 Å². The number of carbonyl (C=O) groups is 1. The summed E-state index contributed by atoms with van der Waals surface area (Å²) in [5.74, 6) is 2.30. The molecule has 0 spiro atoms. The zero-order chi connectivity index (χ0) is 19.2. The van der Waals surface area contributed by atoms with E-state index in [0.717, 1.165) is 23.3 Å². The van der Waals surface area contributed by atoms with Crippen LogP contribution in [0.1, 0.15) is 12.7 Å². The highest BCUT2D eigenvalue weighted by molar-refractivity contribution is 5.81. The number of para-hydroxylation sites is 4. The molecule has 2 aromatic carbocycles. The Labute approximate surface area is 159 Å². The van der Waals surface area contributed by atoms with Crippen LogP contribution in [0.2, 0.25) is 0 Å². The third kappa shape index (κ3) is 4.22. The van der Waals surface area contributed by atoms with Gasteiger partial charge in [0.2, 0.25) is 5.91 Å². The zero-order valence-electron chi connectivity index (χ0n) is 16.0. The van der Waals surface area contributed by atoms with Crippen molar-refractivity contribution in [2.45, 2.75) is 19.9 Å². The minimum atomic E-state index is 0.0245. The minimum absolute atomic E-state index is 0.0245. The highest BCUT2D eigenvalue weighted by atomic mass is 16.5. The Kier molecular flexibility index (Phi) is 5.96. The van der Waals surface area contributed by atoms with Gasteiger partial charge in [0.1, 0.15) is 19.0 Å². The van der Waals surface area contributed by atoms with Crippen LogP contribution in [0.15, 0.2) is 48.5 Å². The summed E-state index contributed by atoms with van der Waals surface area (Å²) in [6.45, 7) is 3.21. The molecular weight excluding hydrogens is 342 g/mol. The maximum atomic E-state index is 12.7. The molecule has 0 radical (unpaired) electrons. The number of benzene rings is 2. The maximum absolute atomic E-state index is 12.7. The molecule has 142 valence electrons. The molecule has 0 unspecified atom stereocenters. The van der Waals surface area contributed by atoms with Crippen LogP contribution < -0.4 is 9.47 Å². The lowest BCUT2D eigenvalue weighted by molar-refractivity contribution is -0.130. The van der Waals surface area contributed by atoms with Crippen LogP contribution in [0.4, 0.5) is 0 Å². The molecule has 0 N–H and O–H groups in total. The fourth-order valence-electron chi connectivity index (χ4n) is 2.98. The molecule has 6 heteroatoms. The molecule has 0 aliphatic rings. The number of nitrogens with zero attached hydrogens (tertiary/aromatic N) is 3. The second-order valence-corrected chi connectivity index (χ2v) is 6.27. The van der Waals surface area contributed by atoms with Gasteiger partial charge in [-0.05, 0) is 24.3 Å². The van der Waals surface area contributed by atoms with Crippen molar-refractivity contribution in [3.05, 3.63) is 54.4 Å². The van der Waals surface area contributed by atoms with E-state index < -0.39 is 0 Å². The number of carbonyl (C=O) groups excluding carboxylic acids is 1. The molecule has 3 rings (SSSR count). The zero-order valence-corrected chi connectivity index (χ0v) is 16.0. The first-order chi connectivity index (χ1) is 13.1. The number of likely N-dealkylation sites (N-methyl/N-ethyl adjacent to an activating group) is 1. The van der Waals surface area contributed by atoms with E-state index in [4.69, 9.17) is 9.47 Å². The maximum Gasteiger partial charge on any atom is 0.242 e. The van der Waals surface area contributed by atoms with Crippen molar-refractivity contribution in [1.82, 2.24) is 14.5 Å². The van der Waals surface area contributed by atoms with Gasteiger partial charge in [-0.1, -0.05) is 31.2 Å². The van der Waals surface area contributed by atoms with Crippen molar-refractivity contribution >= 4 is 16.9 Å². The summed E-state index contributed by atoms with van der Waals surface area (Å²) in [6, 6.07) is 15.4. The first-order valence-electron chi connectivity index (χ1n) is 9.08. The summed E-state index contributed by atoms with van der Waals surface area (Å²) < 4.78 is 13.0. The van der Waals surface area contributed by atoms with Crippen LogP contribution >= 0.6 is 0 Å². The molecule has 0 bridgehead atoms. The number of rotatable bonds is 8. The first kappa shape index (κ1) is 18.8. The lowest BCUT2D eigenvalue weighted by Gasteiger charge is -2.19. The number of methoxy groups -OCH3 is 1. The minimum Gasteiger partial charge on any atom is -0.493 e. The van der Waals surface area contributed by atoms with Gasteiger partial charge in [0.25, 0.3) is 0 Å². The fraction of sp³-hybridized carbons (Fsp3) is 0.333. The van der Waals surface area contributed by atoms with Crippen molar-refractivity contribution in [3.63, 3.8) is 0 Å². The molecule has 1 amide bonds. The molecule has 6 nitrogen and oxygen atoms in total. The summed E-state index contributed by atoms with van der Waals surface area (Å²) in [5, 5.41) is 0. The SMILES string of the molecule is CCc1nc2ccccc2n1CC(=O)N(C)CCOc1ccccc1OC. The fourth-order valence-corrected chi connectivity index (χ4v) is 2.98. The Bertz CT molecular complexity index is 920. The average Bonchev–Trinajstić information content (AvgIpc) is 3.05. The van der Waals surface area contributed by atoms with Gasteiger partial charge in [0.15, 0.2) is 11.5 Å². The van der Waals surface area contributed by atoms with Gasteiger partial charge in [0, 0.05) is 13.5 Å². The number of imidazole rings is 1. The Morgan fingerprint density at radius 1 is 1.11 bits per heavy atom. The van der Waals surface area contributed by atoms with Crippen LogP contribution in [-0.2, 0) is 17.8 Å². The van der Waals surface area contributed by atoms with Crippen molar-refractivity contribution < 1.29 is 14.3 Å². The normalized spacial score (nSPS) is 10.8. The van der Waals surface area contributed by atoms with Crippen molar-refractivity contribution in [1.29, 1.82) is 0 Å². The van der Waals surface area contributed by atoms with Gasteiger partial charge in [-0.25, -0.2) is 4.98 Å². The van der Waals surface area contributed by atoms with Crippen molar-refractivity contribution in [3.8, 4) is 11.5 Å². The van der Waals surface area contributed by atoms with E-state index in [0.29, 0.717) is 24.7 Å². The predicted molar refractivity (Wildman–Crippen MR) is 105 cm³/mol. The van der Waals surface area contributed by atoms with Crippen LogP contribution in [0.25, 0.3) is 11.0 Å². The van der Waals surface area contributed by atoms with Crippen LogP contribution in [0.5, 0.6) is 11.5 Å². The van der Waals surface area contributed by atoms with Gasteiger partial charge in [0.05, 0.1) is 24.7 Å². The molecule has 0 aliphatic heterocycles. The third-order valence-corrected chi connectivity index (χ3v) is 4.52. The van der Waals surface area contributed by atoms with Crippen LogP contribution in [-0.4, -0.2) is 47.7 Å². The van der Waals surface area contributed by atoms with Gasteiger partial charge in [-0.2, -0.15) is 0 Å². The molecular formula is C21H25N3O3.